The molecule has 1 aromatic heterocycles. The Bertz CT molecular complexity index is 258. The van der Waals surface area contributed by atoms with Gasteiger partial charge in [0.2, 0.25) is 0 Å². The summed E-state index contributed by atoms with van der Waals surface area (Å²) in [4.78, 5) is 15.8. The van der Waals surface area contributed by atoms with E-state index in [9.17, 15) is 4.79 Å². The van der Waals surface area contributed by atoms with E-state index in [-0.39, 0.29) is 0 Å². The normalized spacial score (nSPS) is 16.0. The fourth-order valence-electron chi connectivity index (χ4n) is 1.20. The van der Waals surface area contributed by atoms with Crippen molar-refractivity contribution in [2.45, 2.75) is 13.0 Å². The Morgan fingerprint density at radius 1 is 1.64 bits per heavy atom. The number of carbonyl (C=O) groups is 1. The van der Waals surface area contributed by atoms with Crippen LogP contribution in [0.15, 0.2) is 0 Å². The molecule has 0 saturated carbocycles. The molecule has 0 radical (unpaired) electrons. The van der Waals surface area contributed by atoms with Crippen LogP contribution in [0.25, 0.3) is 0 Å². The van der Waals surface area contributed by atoms with Crippen molar-refractivity contribution in [1.82, 2.24) is 10.3 Å². The lowest BCUT2D eigenvalue weighted by Crippen LogP contribution is -2.22. The van der Waals surface area contributed by atoms with Crippen molar-refractivity contribution in [2.75, 3.05) is 6.54 Å². The number of aromatic nitrogens is 1. The maximum Gasteiger partial charge on any atom is 0.178 e. The van der Waals surface area contributed by atoms with Crippen LogP contribution in [0, 0.1) is 0 Å². The van der Waals surface area contributed by atoms with Gasteiger partial charge in [-0.15, -0.1) is 11.3 Å². The minimum absolute atomic E-state index is 0.610. The van der Waals surface area contributed by atoms with Crippen LogP contribution in [0.5, 0.6) is 0 Å². The molecule has 0 aliphatic carbocycles. The molecule has 2 heterocycles. The van der Waals surface area contributed by atoms with E-state index < -0.39 is 0 Å². The van der Waals surface area contributed by atoms with E-state index in [1.807, 2.05) is 0 Å². The first-order valence-electron chi connectivity index (χ1n) is 3.54. The molecule has 1 aliphatic heterocycles. The summed E-state index contributed by atoms with van der Waals surface area (Å²) >= 11 is 1.49. The van der Waals surface area contributed by atoms with E-state index in [1.54, 1.807) is 0 Å². The Labute approximate surface area is 68.5 Å². The highest BCUT2D eigenvalue weighted by atomic mass is 32.1. The number of rotatable bonds is 1. The van der Waals surface area contributed by atoms with Crippen molar-refractivity contribution in [3.8, 4) is 0 Å². The fourth-order valence-corrected chi connectivity index (χ4v) is 2.09. The van der Waals surface area contributed by atoms with Crippen LogP contribution in [-0.2, 0) is 13.0 Å². The third-order valence-corrected chi connectivity index (χ3v) is 2.74. The van der Waals surface area contributed by atoms with Crippen LogP contribution in [0.4, 0.5) is 0 Å². The number of hydrogen-bond donors (Lipinski definition) is 1. The summed E-state index contributed by atoms with van der Waals surface area (Å²) in [5.41, 5.74) is 1.11. The molecular formula is C7H8N2OS. The van der Waals surface area contributed by atoms with Crippen molar-refractivity contribution in [3.05, 3.63) is 15.6 Å². The molecule has 11 heavy (non-hydrogen) atoms. The highest BCUT2D eigenvalue weighted by molar-refractivity contribution is 7.13. The van der Waals surface area contributed by atoms with Crippen molar-refractivity contribution < 1.29 is 4.79 Å². The third kappa shape index (κ3) is 1.19. The highest BCUT2D eigenvalue weighted by Gasteiger charge is 2.13. The van der Waals surface area contributed by atoms with Gasteiger partial charge in [0, 0.05) is 24.4 Å². The van der Waals surface area contributed by atoms with Gasteiger partial charge < -0.3 is 5.32 Å². The van der Waals surface area contributed by atoms with E-state index >= 15 is 0 Å². The minimum Gasteiger partial charge on any atom is -0.311 e. The highest BCUT2D eigenvalue weighted by Crippen LogP contribution is 2.19. The van der Waals surface area contributed by atoms with Gasteiger partial charge in [-0.25, -0.2) is 4.98 Å². The maximum absolute atomic E-state index is 10.4. The van der Waals surface area contributed by atoms with E-state index in [4.69, 9.17) is 0 Å². The molecule has 1 N–H and O–H groups in total. The molecule has 2 rings (SSSR count). The van der Waals surface area contributed by atoms with E-state index in [2.05, 4.69) is 10.3 Å². The van der Waals surface area contributed by atoms with Crippen LogP contribution in [0.3, 0.4) is 0 Å². The molecule has 58 valence electrons. The van der Waals surface area contributed by atoms with E-state index in [1.165, 1.54) is 16.2 Å². The molecule has 3 nitrogen and oxygen atoms in total. The van der Waals surface area contributed by atoms with E-state index in [0.717, 1.165) is 31.5 Å². The largest absolute Gasteiger partial charge is 0.311 e. The molecule has 1 aliphatic rings. The second-order valence-electron chi connectivity index (χ2n) is 2.47. The molecular weight excluding hydrogens is 160 g/mol. The predicted molar refractivity (Wildman–Crippen MR) is 42.9 cm³/mol. The van der Waals surface area contributed by atoms with Crippen LogP contribution in [-0.4, -0.2) is 17.8 Å². The van der Waals surface area contributed by atoms with Crippen LogP contribution in [0.2, 0.25) is 0 Å². The Balaban J connectivity index is 2.39. The summed E-state index contributed by atoms with van der Waals surface area (Å²) in [6.45, 7) is 1.86. The fraction of sp³-hybridized carbons (Fsp3) is 0.429. The smallest absolute Gasteiger partial charge is 0.178 e. The lowest BCUT2D eigenvalue weighted by atomic mass is 10.2. The van der Waals surface area contributed by atoms with Gasteiger partial charge in [-0.2, -0.15) is 0 Å². The van der Waals surface area contributed by atoms with Gasteiger partial charge in [-0.1, -0.05) is 0 Å². The molecule has 0 atom stereocenters. The number of hydrogen-bond acceptors (Lipinski definition) is 4. The predicted octanol–water partition coefficient (Wildman–Crippen LogP) is 0.601. The first kappa shape index (κ1) is 6.94. The average Bonchev–Trinajstić information content (AvgIpc) is 2.46. The second-order valence-corrected chi connectivity index (χ2v) is 3.58. The molecule has 0 fully saturated rings. The molecule has 0 bridgehead atoms. The SMILES string of the molecule is O=Cc1nc2c(s1)CNCC2. The second kappa shape index (κ2) is 2.71. The Hall–Kier alpha value is -0.740. The van der Waals surface area contributed by atoms with Crippen LogP contribution in [0.1, 0.15) is 20.4 Å². The number of thiazole rings is 1. The monoisotopic (exact) mass is 168 g/mol. The summed E-state index contributed by atoms with van der Waals surface area (Å²) in [5, 5.41) is 3.84. The number of fused-ring (bicyclic) bond motifs is 1. The summed E-state index contributed by atoms with van der Waals surface area (Å²) in [6, 6.07) is 0. The molecule has 0 spiro atoms. The number of aldehydes is 1. The molecule has 0 aromatic carbocycles. The van der Waals surface area contributed by atoms with Gasteiger partial charge in [-0.05, 0) is 0 Å². The summed E-state index contributed by atoms with van der Waals surface area (Å²) in [5.74, 6) is 0. The zero-order chi connectivity index (χ0) is 7.68. The van der Waals surface area contributed by atoms with Gasteiger partial charge in [0.25, 0.3) is 0 Å². The van der Waals surface area contributed by atoms with Crippen molar-refractivity contribution in [3.63, 3.8) is 0 Å². The molecule has 4 heteroatoms. The molecule has 1 aromatic rings. The number of nitrogens with one attached hydrogen (secondary N) is 1. The topological polar surface area (TPSA) is 42.0 Å². The minimum atomic E-state index is 0.610. The van der Waals surface area contributed by atoms with E-state index in [0.29, 0.717) is 5.01 Å². The van der Waals surface area contributed by atoms with Gasteiger partial charge in [0.1, 0.15) is 0 Å². The quantitative estimate of drug-likeness (QED) is 0.624. The van der Waals surface area contributed by atoms with Gasteiger partial charge in [0.15, 0.2) is 11.3 Å². The first-order chi connectivity index (χ1) is 5.40. The zero-order valence-electron chi connectivity index (χ0n) is 5.96. The summed E-state index contributed by atoms with van der Waals surface area (Å²) in [6.07, 6.45) is 1.78. The van der Waals surface area contributed by atoms with Crippen molar-refractivity contribution in [1.29, 1.82) is 0 Å². The Morgan fingerprint density at radius 2 is 2.55 bits per heavy atom. The lowest BCUT2D eigenvalue weighted by molar-refractivity contribution is 0.112. The van der Waals surface area contributed by atoms with Crippen molar-refractivity contribution >= 4 is 17.6 Å². The van der Waals surface area contributed by atoms with Crippen LogP contribution < -0.4 is 5.32 Å². The van der Waals surface area contributed by atoms with Crippen LogP contribution >= 0.6 is 11.3 Å². The molecule has 0 amide bonds. The summed E-state index contributed by atoms with van der Waals surface area (Å²) < 4.78 is 0. The number of nitrogens with zero attached hydrogens (tertiary/aromatic N) is 1. The van der Waals surface area contributed by atoms with Gasteiger partial charge in [-0.3, -0.25) is 4.79 Å². The molecule has 0 saturated heterocycles. The van der Waals surface area contributed by atoms with Gasteiger partial charge in [0.05, 0.1) is 5.69 Å². The van der Waals surface area contributed by atoms with Gasteiger partial charge >= 0.3 is 0 Å². The Kier molecular flexibility index (Phi) is 1.71. The first-order valence-corrected chi connectivity index (χ1v) is 4.36. The third-order valence-electron chi connectivity index (χ3n) is 1.72. The lowest BCUT2D eigenvalue weighted by Gasteiger charge is -2.09. The summed E-state index contributed by atoms with van der Waals surface area (Å²) in [7, 11) is 0. The Morgan fingerprint density at radius 3 is 3.27 bits per heavy atom. The number of carbonyl (C=O) groups excluding carboxylic acids is 1. The maximum atomic E-state index is 10.4. The van der Waals surface area contributed by atoms with Crippen molar-refractivity contribution in [2.24, 2.45) is 0 Å². The standard InChI is InChI=1S/C7H8N2OS/c10-4-7-9-5-1-2-8-3-6(5)11-7/h4,8H,1-3H2. The average molecular weight is 168 g/mol. The molecule has 0 unspecified atom stereocenters. The zero-order valence-corrected chi connectivity index (χ0v) is 6.78.